The van der Waals surface area contributed by atoms with Crippen molar-refractivity contribution in [1.29, 1.82) is 0 Å². The molecule has 0 saturated carbocycles. The maximum atomic E-state index is 12.4. The first-order chi connectivity index (χ1) is 16.8. The molecule has 35 heavy (non-hydrogen) atoms. The molecule has 2 N–H and O–H groups in total. The Morgan fingerprint density at radius 1 is 1.00 bits per heavy atom. The number of ether oxygens (including phenoxy) is 3. The van der Waals surface area contributed by atoms with Crippen LogP contribution in [0, 0.1) is 13.8 Å². The Morgan fingerprint density at radius 3 is 2.51 bits per heavy atom. The van der Waals surface area contributed by atoms with Crippen LogP contribution in [0.3, 0.4) is 0 Å². The zero-order chi connectivity index (χ0) is 25.4. The summed E-state index contributed by atoms with van der Waals surface area (Å²) in [4.78, 5) is 24.7. The molecule has 182 valence electrons. The van der Waals surface area contributed by atoms with Crippen LogP contribution in [-0.2, 0) is 4.79 Å². The van der Waals surface area contributed by atoms with Crippen molar-refractivity contribution in [1.82, 2.24) is 5.43 Å². The maximum absolute atomic E-state index is 12.4. The fraction of sp³-hybridized carbons (Fsp3) is 0.192. The van der Waals surface area contributed by atoms with E-state index in [4.69, 9.17) is 14.2 Å². The summed E-state index contributed by atoms with van der Waals surface area (Å²) in [5.41, 5.74) is 6.48. The molecule has 0 atom stereocenters. The van der Waals surface area contributed by atoms with Crippen LogP contribution in [0.4, 0.5) is 5.69 Å². The lowest BCUT2D eigenvalue weighted by atomic mass is 10.1. The Bertz CT molecular complexity index is 1260. The van der Waals surface area contributed by atoms with Gasteiger partial charge in [0.25, 0.3) is 11.8 Å². The van der Waals surface area contributed by atoms with Gasteiger partial charge >= 0.3 is 0 Å². The van der Waals surface area contributed by atoms with Gasteiger partial charge in [-0.05, 0) is 88.9 Å². The van der Waals surface area contributed by atoms with Gasteiger partial charge in [-0.25, -0.2) is 5.43 Å². The summed E-state index contributed by atoms with van der Waals surface area (Å²) in [6.07, 6.45) is 1.47. The van der Waals surface area contributed by atoms with E-state index in [1.807, 2.05) is 32.0 Å². The highest BCUT2D eigenvalue weighted by atomic mass is 79.9. The van der Waals surface area contributed by atoms with Crippen LogP contribution in [-0.4, -0.2) is 38.9 Å². The first kappa shape index (κ1) is 25.8. The highest BCUT2D eigenvalue weighted by Crippen LogP contribution is 2.36. The molecule has 8 nitrogen and oxygen atoms in total. The molecule has 0 saturated heterocycles. The minimum atomic E-state index is -0.374. The van der Waals surface area contributed by atoms with E-state index in [0.29, 0.717) is 38.5 Å². The SMILES string of the molecule is COc1cccc(C(=O)N/N=C/c2cc(Br)c(OCC(=O)Nc3ccc(C)c(C)c3)c(OC)c2)c1. The molecule has 0 aliphatic carbocycles. The number of nitrogens with one attached hydrogen (secondary N) is 2. The van der Waals surface area contributed by atoms with Crippen molar-refractivity contribution in [2.45, 2.75) is 13.8 Å². The summed E-state index contributed by atoms with van der Waals surface area (Å²) in [7, 11) is 3.03. The van der Waals surface area contributed by atoms with E-state index in [0.717, 1.165) is 11.1 Å². The Labute approximate surface area is 212 Å². The second kappa shape index (κ2) is 12.0. The molecule has 3 rings (SSSR count). The number of hydrazone groups is 1. The van der Waals surface area contributed by atoms with E-state index in [1.165, 1.54) is 20.4 Å². The lowest BCUT2D eigenvalue weighted by Gasteiger charge is -2.14. The molecular weight excluding hydrogens is 514 g/mol. The van der Waals surface area contributed by atoms with Crippen molar-refractivity contribution < 1.29 is 23.8 Å². The molecule has 0 spiro atoms. The standard InChI is InChI=1S/C26H26BrN3O5/c1-16-8-9-20(10-17(16)2)29-24(31)15-35-25-22(27)11-18(12-23(25)34-4)14-28-30-26(32)19-6-5-7-21(13-19)33-3/h5-14H,15H2,1-4H3,(H,29,31)(H,30,32)/b28-14+. The van der Waals surface area contributed by atoms with Gasteiger partial charge in [-0.2, -0.15) is 5.10 Å². The van der Waals surface area contributed by atoms with Gasteiger partial charge in [-0.15, -0.1) is 0 Å². The van der Waals surface area contributed by atoms with Gasteiger partial charge in [-0.3, -0.25) is 9.59 Å². The third-order valence-corrected chi connectivity index (χ3v) is 5.69. The minimum absolute atomic E-state index is 0.202. The molecule has 0 heterocycles. The summed E-state index contributed by atoms with van der Waals surface area (Å²) in [5, 5.41) is 6.83. The average Bonchev–Trinajstić information content (AvgIpc) is 2.85. The highest BCUT2D eigenvalue weighted by Gasteiger charge is 2.14. The average molecular weight is 540 g/mol. The molecule has 9 heteroatoms. The van der Waals surface area contributed by atoms with Gasteiger partial charge in [0, 0.05) is 11.3 Å². The molecule has 0 radical (unpaired) electrons. The predicted octanol–water partition coefficient (Wildman–Crippen LogP) is 4.86. The van der Waals surface area contributed by atoms with Crippen LogP contribution in [0.15, 0.2) is 64.2 Å². The Balaban J connectivity index is 1.63. The normalized spacial score (nSPS) is 10.7. The summed E-state index contributed by atoms with van der Waals surface area (Å²) >= 11 is 3.45. The zero-order valence-electron chi connectivity index (χ0n) is 19.8. The lowest BCUT2D eigenvalue weighted by Crippen LogP contribution is -2.20. The van der Waals surface area contributed by atoms with Gasteiger partial charge in [0.15, 0.2) is 18.1 Å². The molecule has 2 amide bonds. The first-order valence-electron chi connectivity index (χ1n) is 10.7. The van der Waals surface area contributed by atoms with Crippen LogP contribution in [0.25, 0.3) is 0 Å². The summed E-state index contributed by atoms with van der Waals surface area (Å²) in [6, 6.07) is 15.9. The highest BCUT2D eigenvalue weighted by molar-refractivity contribution is 9.10. The van der Waals surface area contributed by atoms with Gasteiger partial charge in [0.1, 0.15) is 5.75 Å². The van der Waals surface area contributed by atoms with Crippen molar-refractivity contribution in [2.24, 2.45) is 5.10 Å². The number of methoxy groups -OCH3 is 2. The molecule has 0 unspecified atom stereocenters. The Morgan fingerprint density at radius 2 is 1.80 bits per heavy atom. The van der Waals surface area contributed by atoms with Crippen molar-refractivity contribution in [3.8, 4) is 17.2 Å². The number of amides is 2. The second-order valence-corrected chi connectivity index (χ2v) is 8.46. The van der Waals surface area contributed by atoms with E-state index in [9.17, 15) is 9.59 Å². The third kappa shape index (κ3) is 7.07. The molecular formula is C26H26BrN3O5. The largest absolute Gasteiger partial charge is 0.497 e. The molecule has 3 aromatic rings. The fourth-order valence-corrected chi connectivity index (χ4v) is 3.68. The van der Waals surface area contributed by atoms with Gasteiger partial charge in [0.05, 0.1) is 24.9 Å². The number of carbonyl (C=O) groups is 2. The summed E-state index contributed by atoms with van der Waals surface area (Å²) < 4.78 is 16.8. The van der Waals surface area contributed by atoms with Crippen molar-refractivity contribution in [3.63, 3.8) is 0 Å². The Hall–Kier alpha value is -3.85. The number of hydrogen-bond donors (Lipinski definition) is 2. The van der Waals surface area contributed by atoms with Crippen LogP contribution in [0.2, 0.25) is 0 Å². The van der Waals surface area contributed by atoms with Gasteiger partial charge in [0.2, 0.25) is 0 Å². The topological polar surface area (TPSA) is 98.3 Å². The minimum Gasteiger partial charge on any atom is -0.497 e. The van der Waals surface area contributed by atoms with Crippen molar-refractivity contribution in [3.05, 3.63) is 81.3 Å². The first-order valence-corrected chi connectivity index (χ1v) is 11.4. The molecule has 0 fully saturated rings. The summed E-state index contributed by atoms with van der Waals surface area (Å²) in [6.45, 7) is 3.79. The van der Waals surface area contributed by atoms with Gasteiger partial charge < -0.3 is 19.5 Å². The van der Waals surface area contributed by atoms with E-state index >= 15 is 0 Å². The number of nitrogens with zero attached hydrogens (tertiary/aromatic N) is 1. The number of anilines is 1. The second-order valence-electron chi connectivity index (χ2n) is 7.60. The van der Waals surface area contributed by atoms with Crippen LogP contribution in [0.1, 0.15) is 27.0 Å². The number of halogens is 1. The number of hydrogen-bond acceptors (Lipinski definition) is 6. The molecule has 0 bridgehead atoms. The summed E-state index contributed by atoms with van der Waals surface area (Å²) in [5.74, 6) is 0.682. The van der Waals surface area contributed by atoms with Gasteiger partial charge in [-0.1, -0.05) is 12.1 Å². The van der Waals surface area contributed by atoms with Crippen molar-refractivity contribution in [2.75, 3.05) is 26.1 Å². The van der Waals surface area contributed by atoms with Crippen LogP contribution >= 0.6 is 15.9 Å². The predicted molar refractivity (Wildman–Crippen MR) is 139 cm³/mol. The third-order valence-electron chi connectivity index (χ3n) is 5.10. The van der Waals surface area contributed by atoms with E-state index in [1.54, 1.807) is 36.4 Å². The monoisotopic (exact) mass is 539 g/mol. The van der Waals surface area contributed by atoms with E-state index in [-0.39, 0.29) is 18.4 Å². The molecule has 3 aromatic carbocycles. The van der Waals surface area contributed by atoms with E-state index < -0.39 is 0 Å². The Kier molecular flexibility index (Phi) is 8.86. The van der Waals surface area contributed by atoms with E-state index in [2.05, 4.69) is 31.8 Å². The number of aryl methyl sites for hydroxylation is 2. The van der Waals surface area contributed by atoms with Crippen LogP contribution < -0.4 is 25.0 Å². The maximum Gasteiger partial charge on any atom is 0.271 e. The molecule has 0 aliphatic heterocycles. The number of carbonyl (C=O) groups excluding carboxylic acids is 2. The van der Waals surface area contributed by atoms with Crippen molar-refractivity contribution >= 4 is 39.6 Å². The quantitative estimate of drug-likeness (QED) is 0.298. The molecule has 0 aromatic heterocycles. The fourth-order valence-electron chi connectivity index (χ4n) is 3.10. The lowest BCUT2D eigenvalue weighted by molar-refractivity contribution is -0.118. The zero-order valence-corrected chi connectivity index (χ0v) is 21.4. The molecule has 0 aliphatic rings. The van der Waals surface area contributed by atoms with Crippen LogP contribution in [0.5, 0.6) is 17.2 Å². The number of benzene rings is 3. The smallest absolute Gasteiger partial charge is 0.271 e. The number of rotatable bonds is 9.